The van der Waals surface area contributed by atoms with E-state index in [0.717, 1.165) is 17.7 Å². The van der Waals surface area contributed by atoms with E-state index in [1.807, 2.05) is 36.0 Å². The monoisotopic (exact) mass is 245 g/mol. The van der Waals surface area contributed by atoms with Crippen molar-refractivity contribution in [2.45, 2.75) is 33.0 Å². The normalized spacial score (nSPS) is 12.6. The van der Waals surface area contributed by atoms with Crippen molar-refractivity contribution in [2.24, 2.45) is 0 Å². The van der Waals surface area contributed by atoms with Gasteiger partial charge in [-0.25, -0.2) is 0 Å². The van der Waals surface area contributed by atoms with Crippen LogP contribution >= 0.6 is 0 Å². The molecule has 0 spiro atoms. The molecule has 0 saturated carbocycles. The van der Waals surface area contributed by atoms with E-state index < -0.39 is 0 Å². The number of hydrogen-bond acceptors (Lipinski definition) is 3. The lowest BCUT2D eigenvalue weighted by molar-refractivity contribution is 0.434. The number of benzene rings is 1. The van der Waals surface area contributed by atoms with Crippen LogP contribution in [-0.4, -0.2) is 20.9 Å². The highest BCUT2D eigenvalue weighted by Gasteiger charge is 2.05. The highest BCUT2D eigenvalue weighted by Crippen LogP contribution is 2.17. The van der Waals surface area contributed by atoms with Gasteiger partial charge in [0.05, 0.1) is 6.54 Å². The van der Waals surface area contributed by atoms with E-state index >= 15 is 0 Å². The second-order valence-electron chi connectivity index (χ2n) is 4.64. The second kappa shape index (κ2) is 5.69. The van der Waals surface area contributed by atoms with E-state index in [2.05, 4.69) is 17.3 Å². The Labute approximate surface area is 107 Å². The van der Waals surface area contributed by atoms with E-state index in [1.54, 1.807) is 12.3 Å². The Kier molecular flexibility index (Phi) is 3.99. The van der Waals surface area contributed by atoms with Gasteiger partial charge < -0.3 is 10.4 Å². The second-order valence-corrected chi connectivity index (χ2v) is 4.64. The Morgan fingerprint density at radius 2 is 2.28 bits per heavy atom. The van der Waals surface area contributed by atoms with E-state index in [4.69, 9.17) is 0 Å². The predicted molar refractivity (Wildman–Crippen MR) is 71.4 cm³/mol. The molecule has 0 amide bonds. The maximum Gasteiger partial charge on any atom is 0.120 e. The van der Waals surface area contributed by atoms with Crippen LogP contribution in [0, 0.1) is 6.92 Å². The number of hydrogen-bond donors (Lipinski definition) is 2. The number of nitrogens with zero attached hydrogens (tertiary/aromatic N) is 2. The highest BCUT2D eigenvalue weighted by atomic mass is 16.3. The number of aryl methyl sites for hydroxylation is 1. The van der Waals surface area contributed by atoms with Crippen molar-refractivity contribution in [3.8, 4) is 5.75 Å². The van der Waals surface area contributed by atoms with Crippen LogP contribution in [0.5, 0.6) is 5.75 Å². The molecule has 4 heteroatoms. The lowest BCUT2D eigenvalue weighted by Gasteiger charge is -2.14. The number of aromatic hydroxyl groups is 1. The Bertz CT molecular complexity index is 494. The third-order valence-corrected chi connectivity index (χ3v) is 2.90. The van der Waals surface area contributed by atoms with Gasteiger partial charge >= 0.3 is 0 Å². The number of phenolic OH excluding ortho intramolecular Hbond substituents is 1. The molecule has 2 rings (SSSR count). The molecule has 0 aliphatic heterocycles. The quantitative estimate of drug-likeness (QED) is 0.848. The predicted octanol–water partition coefficient (Wildman–Crippen LogP) is 2.08. The summed E-state index contributed by atoms with van der Waals surface area (Å²) in [6.45, 7) is 5.61. The third-order valence-electron chi connectivity index (χ3n) is 2.90. The average Bonchev–Trinajstić information content (AvgIpc) is 2.83. The van der Waals surface area contributed by atoms with Crippen molar-refractivity contribution < 1.29 is 5.11 Å². The van der Waals surface area contributed by atoms with Crippen LogP contribution in [-0.2, 0) is 13.1 Å². The molecule has 2 N–H and O–H groups in total. The minimum atomic E-state index is 0.296. The summed E-state index contributed by atoms with van der Waals surface area (Å²) in [5.41, 5.74) is 2.09. The molecular weight excluding hydrogens is 226 g/mol. The zero-order valence-electron chi connectivity index (χ0n) is 10.8. The first kappa shape index (κ1) is 12.6. The number of nitrogens with one attached hydrogen (secondary N) is 1. The fourth-order valence-corrected chi connectivity index (χ4v) is 1.89. The molecule has 2 aromatic rings. The summed E-state index contributed by atoms with van der Waals surface area (Å²) >= 11 is 0. The molecule has 1 aromatic carbocycles. The van der Waals surface area contributed by atoms with Gasteiger partial charge in [0.1, 0.15) is 5.75 Å². The third kappa shape index (κ3) is 3.34. The van der Waals surface area contributed by atoms with Crippen molar-refractivity contribution in [3.63, 3.8) is 0 Å². The summed E-state index contributed by atoms with van der Waals surface area (Å²) < 4.78 is 1.90. The maximum atomic E-state index is 9.75. The van der Waals surface area contributed by atoms with Crippen molar-refractivity contribution in [1.29, 1.82) is 0 Å². The molecule has 0 radical (unpaired) electrons. The Balaban J connectivity index is 1.89. The van der Waals surface area contributed by atoms with Gasteiger partial charge in [0.2, 0.25) is 0 Å². The lowest BCUT2D eigenvalue weighted by Crippen LogP contribution is -2.30. The summed E-state index contributed by atoms with van der Waals surface area (Å²) in [5.74, 6) is 0.347. The van der Waals surface area contributed by atoms with Gasteiger partial charge in [-0.3, -0.25) is 4.68 Å². The summed E-state index contributed by atoms with van der Waals surface area (Å²) in [5, 5.41) is 17.3. The van der Waals surface area contributed by atoms with Gasteiger partial charge in [0.15, 0.2) is 0 Å². The SMILES string of the molecule is Cc1ccc(O)c(CNC(C)Cn2cccn2)c1. The molecule has 1 aromatic heterocycles. The summed E-state index contributed by atoms with van der Waals surface area (Å²) in [6.07, 6.45) is 3.72. The molecule has 0 aliphatic rings. The van der Waals surface area contributed by atoms with Crippen LogP contribution in [0.15, 0.2) is 36.7 Å². The molecule has 18 heavy (non-hydrogen) atoms. The van der Waals surface area contributed by atoms with Crippen LogP contribution < -0.4 is 5.32 Å². The van der Waals surface area contributed by atoms with E-state index in [9.17, 15) is 5.11 Å². The summed E-state index contributed by atoms with van der Waals surface area (Å²) in [4.78, 5) is 0. The summed E-state index contributed by atoms with van der Waals surface area (Å²) in [6, 6.07) is 7.86. The molecular formula is C14H19N3O. The molecule has 1 unspecified atom stereocenters. The smallest absolute Gasteiger partial charge is 0.120 e. The molecule has 1 heterocycles. The molecule has 96 valence electrons. The van der Waals surface area contributed by atoms with Gasteiger partial charge in [-0.2, -0.15) is 5.10 Å². The fourth-order valence-electron chi connectivity index (χ4n) is 1.89. The Morgan fingerprint density at radius 1 is 1.44 bits per heavy atom. The zero-order valence-corrected chi connectivity index (χ0v) is 10.8. The van der Waals surface area contributed by atoms with Crippen LogP contribution in [0.25, 0.3) is 0 Å². The van der Waals surface area contributed by atoms with E-state index in [0.29, 0.717) is 18.3 Å². The molecule has 0 aliphatic carbocycles. The van der Waals surface area contributed by atoms with E-state index in [-0.39, 0.29) is 0 Å². The summed E-state index contributed by atoms with van der Waals surface area (Å²) in [7, 11) is 0. The topological polar surface area (TPSA) is 50.1 Å². The standard InChI is InChI=1S/C14H19N3O/c1-11-4-5-14(18)13(8-11)9-15-12(2)10-17-7-3-6-16-17/h3-8,12,15,18H,9-10H2,1-2H3. The van der Waals surface area contributed by atoms with Crippen molar-refractivity contribution in [1.82, 2.24) is 15.1 Å². The average molecular weight is 245 g/mol. The minimum Gasteiger partial charge on any atom is -0.508 e. The molecule has 1 atom stereocenters. The zero-order chi connectivity index (χ0) is 13.0. The Hall–Kier alpha value is -1.81. The van der Waals surface area contributed by atoms with Crippen LogP contribution in [0.2, 0.25) is 0 Å². The largest absolute Gasteiger partial charge is 0.508 e. The maximum absolute atomic E-state index is 9.75. The molecule has 4 nitrogen and oxygen atoms in total. The van der Waals surface area contributed by atoms with Crippen LogP contribution in [0.3, 0.4) is 0 Å². The molecule has 0 saturated heterocycles. The first-order valence-corrected chi connectivity index (χ1v) is 6.14. The van der Waals surface area contributed by atoms with Crippen LogP contribution in [0.1, 0.15) is 18.1 Å². The van der Waals surface area contributed by atoms with Crippen molar-refractivity contribution in [3.05, 3.63) is 47.8 Å². The van der Waals surface area contributed by atoms with Gasteiger partial charge in [-0.1, -0.05) is 17.7 Å². The van der Waals surface area contributed by atoms with E-state index in [1.165, 1.54) is 0 Å². The van der Waals surface area contributed by atoms with Gasteiger partial charge in [-0.05, 0) is 26.0 Å². The number of aromatic nitrogens is 2. The van der Waals surface area contributed by atoms with Gasteiger partial charge in [0, 0.05) is 30.5 Å². The van der Waals surface area contributed by atoms with Crippen molar-refractivity contribution >= 4 is 0 Å². The molecule has 0 bridgehead atoms. The minimum absolute atomic E-state index is 0.296. The Morgan fingerprint density at radius 3 is 3.00 bits per heavy atom. The van der Waals surface area contributed by atoms with Crippen molar-refractivity contribution in [2.75, 3.05) is 0 Å². The number of rotatable bonds is 5. The van der Waals surface area contributed by atoms with Crippen LogP contribution in [0.4, 0.5) is 0 Å². The first-order valence-electron chi connectivity index (χ1n) is 6.14. The van der Waals surface area contributed by atoms with Gasteiger partial charge in [0.25, 0.3) is 0 Å². The fraction of sp³-hybridized carbons (Fsp3) is 0.357. The first-order chi connectivity index (χ1) is 8.65. The molecule has 0 fully saturated rings. The lowest BCUT2D eigenvalue weighted by atomic mass is 10.1. The van der Waals surface area contributed by atoms with Gasteiger partial charge in [-0.15, -0.1) is 0 Å². The highest BCUT2D eigenvalue weighted by molar-refractivity contribution is 5.35. The number of phenols is 1.